The molecule has 6 nitrogen and oxygen atoms in total. The summed E-state index contributed by atoms with van der Waals surface area (Å²) >= 11 is 6.75. The van der Waals surface area contributed by atoms with E-state index in [-0.39, 0.29) is 0 Å². The van der Waals surface area contributed by atoms with Crippen molar-refractivity contribution in [2.75, 3.05) is 50.0 Å². The van der Waals surface area contributed by atoms with Gasteiger partial charge < -0.3 is 20.1 Å². The molecule has 0 aliphatic carbocycles. The Morgan fingerprint density at radius 2 is 1.83 bits per heavy atom. The van der Waals surface area contributed by atoms with E-state index in [4.69, 9.17) is 23.0 Å². The second kappa shape index (κ2) is 9.61. The molecule has 3 heterocycles. The molecule has 2 aromatic carbocycles. The third-order valence-electron chi connectivity index (χ3n) is 6.78. The van der Waals surface area contributed by atoms with Gasteiger partial charge in [-0.15, -0.1) is 6.42 Å². The van der Waals surface area contributed by atoms with Crippen molar-refractivity contribution < 1.29 is 4.79 Å². The smallest absolute Gasteiger partial charge is 0.300 e. The highest BCUT2D eigenvalue weighted by Crippen LogP contribution is 2.32. The number of anilines is 2. The number of aromatic amines is 1. The van der Waals surface area contributed by atoms with E-state index in [9.17, 15) is 4.79 Å². The van der Waals surface area contributed by atoms with Crippen molar-refractivity contribution in [3.63, 3.8) is 0 Å². The van der Waals surface area contributed by atoms with Crippen LogP contribution in [0.3, 0.4) is 0 Å². The SMILES string of the molecule is C#CC(=O)Nc1cc(-c2c(-c3ccc(N4CCN(C)CC4)cc3)[nH]c3c2=C(Cl)CCN=3)ccc1C. The molecule has 0 bridgehead atoms. The molecule has 0 radical (unpaired) electrons. The fourth-order valence-electron chi connectivity index (χ4n) is 4.74. The van der Waals surface area contributed by atoms with Crippen LogP contribution in [0.25, 0.3) is 27.4 Å². The summed E-state index contributed by atoms with van der Waals surface area (Å²) in [5.41, 5.74) is 7.57. The Balaban J connectivity index is 1.61. The van der Waals surface area contributed by atoms with Gasteiger partial charge in [-0.1, -0.05) is 35.9 Å². The summed E-state index contributed by atoms with van der Waals surface area (Å²) in [5.74, 6) is 1.65. The number of carbonyl (C=O) groups is 1. The number of hydrogen-bond acceptors (Lipinski definition) is 4. The third kappa shape index (κ3) is 4.58. The highest BCUT2D eigenvalue weighted by atomic mass is 35.5. The van der Waals surface area contributed by atoms with Crippen LogP contribution < -0.4 is 20.9 Å². The maximum atomic E-state index is 11.9. The maximum Gasteiger partial charge on any atom is 0.300 e. The molecular formula is C28H28ClN5O. The van der Waals surface area contributed by atoms with Crippen LogP contribution in [-0.4, -0.2) is 55.6 Å². The minimum Gasteiger partial charge on any atom is -0.369 e. The zero-order valence-corrected chi connectivity index (χ0v) is 20.7. The number of likely N-dealkylation sites (N-methyl/N-ethyl adjacent to an activating group) is 1. The summed E-state index contributed by atoms with van der Waals surface area (Å²) in [6.07, 6.45) is 5.98. The lowest BCUT2D eigenvalue weighted by Crippen LogP contribution is -2.44. The number of piperazine rings is 1. The zero-order chi connectivity index (χ0) is 24.5. The number of carbonyl (C=O) groups excluding carboxylic acids is 1. The Morgan fingerprint density at radius 1 is 1.11 bits per heavy atom. The van der Waals surface area contributed by atoms with Crippen LogP contribution in [0.4, 0.5) is 11.4 Å². The molecule has 7 heteroatoms. The average molecular weight is 486 g/mol. The van der Waals surface area contributed by atoms with Gasteiger partial charge in [-0.25, -0.2) is 0 Å². The van der Waals surface area contributed by atoms with Crippen molar-refractivity contribution in [2.24, 2.45) is 4.99 Å². The van der Waals surface area contributed by atoms with Gasteiger partial charge in [-0.3, -0.25) is 9.79 Å². The third-order valence-corrected chi connectivity index (χ3v) is 7.16. The summed E-state index contributed by atoms with van der Waals surface area (Å²) < 4.78 is 0. The molecule has 1 amide bonds. The first-order chi connectivity index (χ1) is 16.9. The highest BCUT2D eigenvalue weighted by Gasteiger charge is 2.20. The van der Waals surface area contributed by atoms with Gasteiger partial charge in [-0.2, -0.15) is 0 Å². The Morgan fingerprint density at radius 3 is 2.54 bits per heavy atom. The van der Waals surface area contributed by atoms with Crippen LogP contribution >= 0.6 is 11.6 Å². The Kier molecular flexibility index (Phi) is 6.38. The summed E-state index contributed by atoms with van der Waals surface area (Å²) in [6.45, 7) is 6.78. The predicted octanol–water partition coefficient (Wildman–Crippen LogP) is 3.35. The van der Waals surface area contributed by atoms with E-state index in [1.807, 2.05) is 25.1 Å². The topological polar surface area (TPSA) is 63.7 Å². The number of aryl methyl sites for hydroxylation is 1. The first-order valence-corrected chi connectivity index (χ1v) is 12.2. The molecule has 5 rings (SSSR count). The van der Waals surface area contributed by atoms with E-state index in [0.717, 1.165) is 69.9 Å². The van der Waals surface area contributed by atoms with Gasteiger partial charge in [0.25, 0.3) is 5.91 Å². The summed E-state index contributed by atoms with van der Waals surface area (Å²) in [6, 6.07) is 14.6. The molecule has 178 valence electrons. The van der Waals surface area contributed by atoms with Crippen LogP contribution in [0, 0.1) is 19.3 Å². The van der Waals surface area contributed by atoms with E-state index >= 15 is 0 Å². The maximum absolute atomic E-state index is 11.9. The van der Waals surface area contributed by atoms with E-state index < -0.39 is 5.91 Å². The highest BCUT2D eigenvalue weighted by molar-refractivity contribution is 6.45. The second-order valence-electron chi connectivity index (χ2n) is 9.10. The average Bonchev–Trinajstić information content (AvgIpc) is 3.27. The Hall–Kier alpha value is -3.53. The lowest BCUT2D eigenvalue weighted by Gasteiger charge is -2.34. The number of H-pyrrole nitrogens is 1. The molecule has 0 saturated carbocycles. The predicted molar refractivity (Wildman–Crippen MR) is 143 cm³/mol. The van der Waals surface area contributed by atoms with Crippen LogP contribution in [0.1, 0.15) is 12.0 Å². The van der Waals surface area contributed by atoms with Crippen molar-refractivity contribution in [3.05, 3.63) is 58.7 Å². The number of benzene rings is 2. The molecular weight excluding hydrogens is 458 g/mol. The Bertz CT molecular complexity index is 1440. The standard InChI is InChI=1S/C28H28ClN5O/c1-4-24(35)31-23-17-20(6-5-18(23)2)25-26-22(29)11-12-30-28(26)32-27(25)19-7-9-21(10-8-19)34-15-13-33(3)14-16-34/h1,5-10,17H,11-16H2,2-3H3,(H,30,32)(H,31,35). The number of rotatable bonds is 4. The fourth-order valence-corrected chi connectivity index (χ4v) is 5.01. The first-order valence-electron chi connectivity index (χ1n) is 11.8. The van der Waals surface area contributed by atoms with Gasteiger partial charge in [0.15, 0.2) is 0 Å². The van der Waals surface area contributed by atoms with Crippen molar-refractivity contribution in [1.82, 2.24) is 9.88 Å². The normalized spacial score (nSPS) is 15.8. The second-order valence-corrected chi connectivity index (χ2v) is 9.56. The molecule has 0 spiro atoms. The number of nitrogens with one attached hydrogen (secondary N) is 2. The van der Waals surface area contributed by atoms with Gasteiger partial charge in [0.1, 0.15) is 5.49 Å². The molecule has 2 aliphatic rings. The number of hydrogen-bond donors (Lipinski definition) is 2. The van der Waals surface area contributed by atoms with Crippen LogP contribution in [0.2, 0.25) is 0 Å². The van der Waals surface area contributed by atoms with E-state index in [2.05, 4.69) is 57.3 Å². The fraction of sp³-hybridized carbons (Fsp3) is 0.286. The molecule has 0 unspecified atom stereocenters. The number of terminal acetylenes is 1. The van der Waals surface area contributed by atoms with Gasteiger partial charge in [0.2, 0.25) is 0 Å². The molecule has 1 fully saturated rings. The lowest BCUT2D eigenvalue weighted by molar-refractivity contribution is -0.111. The number of halogens is 1. The number of amides is 1. The van der Waals surface area contributed by atoms with Crippen molar-refractivity contribution in [2.45, 2.75) is 13.3 Å². The zero-order valence-electron chi connectivity index (χ0n) is 20.0. The molecule has 35 heavy (non-hydrogen) atoms. The summed E-state index contributed by atoms with van der Waals surface area (Å²) in [5, 5.41) is 4.52. The molecule has 1 saturated heterocycles. The van der Waals surface area contributed by atoms with Crippen LogP contribution in [-0.2, 0) is 4.79 Å². The van der Waals surface area contributed by atoms with Gasteiger partial charge in [0.05, 0.1) is 5.69 Å². The van der Waals surface area contributed by atoms with Crippen LogP contribution in [0.5, 0.6) is 0 Å². The first kappa shape index (κ1) is 23.2. The van der Waals surface area contributed by atoms with Gasteiger partial charge in [0, 0.05) is 66.3 Å². The van der Waals surface area contributed by atoms with Crippen molar-refractivity contribution >= 4 is 33.9 Å². The summed E-state index contributed by atoms with van der Waals surface area (Å²) in [7, 11) is 2.16. The molecule has 2 N–H and O–H groups in total. The number of nitrogens with zero attached hydrogens (tertiary/aromatic N) is 3. The van der Waals surface area contributed by atoms with Gasteiger partial charge in [-0.05, 0) is 54.8 Å². The molecule has 3 aromatic rings. The number of aromatic nitrogens is 1. The molecule has 0 atom stereocenters. The van der Waals surface area contributed by atoms with Crippen molar-refractivity contribution in [3.8, 4) is 34.7 Å². The largest absolute Gasteiger partial charge is 0.369 e. The molecule has 2 aliphatic heterocycles. The van der Waals surface area contributed by atoms with E-state index in [0.29, 0.717) is 18.7 Å². The number of fused-ring (bicyclic) bond motifs is 1. The van der Waals surface area contributed by atoms with Crippen molar-refractivity contribution in [1.29, 1.82) is 0 Å². The van der Waals surface area contributed by atoms with Crippen LogP contribution in [0.15, 0.2) is 47.5 Å². The minimum atomic E-state index is -0.472. The van der Waals surface area contributed by atoms with Gasteiger partial charge >= 0.3 is 0 Å². The molecule has 1 aromatic heterocycles. The monoisotopic (exact) mass is 485 g/mol. The quantitative estimate of drug-likeness (QED) is 0.557. The summed E-state index contributed by atoms with van der Waals surface area (Å²) in [4.78, 5) is 24.9. The Labute approximate surface area is 210 Å². The van der Waals surface area contributed by atoms with E-state index in [1.54, 1.807) is 0 Å². The lowest BCUT2D eigenvalue weighted by atomic mass is 9.97. The van der Waals surface area contributed by atoms with E-state index in [1.165, 1.54) is 5.69 Å². The minimum absolute atomic E-state index is 0.472.